The Labute approximate surface area is 119 Å². The molecule has 1 aliphatic rings. The summed E-state index contributed by atoms with van der Waals surface area (Å²) >= 11 is 7.03. The van der Waals surface area contributed by atoms with Gasteiger partial charge in [0, 0.05) is 28.0 Å². The quantitative estimate of drug-likeness (QED) is 0.698. The third kappa shape index (κ3) is 3.32. The molecule has 1 atom stereocenters. The van der Waals surface area contributed by atoms with Crippen LogP contribution in [0.5, 0.6) is 0 Å². The number of hydrogen-bond donors (Lipinski definition) is 0. The van der Waals surface area contributed by atoms with E-state index >= 15 is 0 Å². The average molecular weight is 361 g/mol. The lowest BCUT2D eigenvalue weighted by Crippen LogP contribution is -2.40. The highest BCUT2D eigenvalue weighted by atomic mass is 79.9. The molecule has 4 heteroatoms. The number of hydrogen-bond acceptors (Lipinski definition) is 1. The van der Waals surface area contributed by atoms with E-state index in [1.807, 2.05) is 30.0 Å². The fraction of sp³-hybridized carbons (Fsp3) is 0.462. The maximum absolute atomic E-state index is 12.3. The summed E-state index contributed by atoms with van der Waals surface area (Å²) in [6.07, 6.45) is 2.23. The van der Waals surface area contributed by atoms with E-state index < -0.39 is 0 Å². The minimum absolute atomic E-state index is 0.138. The normalized spacial score (nSPS) is 20.4. The highest BCUT2D eigenvalue weighted by Crippen LogP contribution is 2.21. The first-order valence-corrected chi connectivity index (χ1v) is 7.47. The Hall–Kier alpha value is -0.350. The standard InChI is InChI=1S/C13H15Br2NO/c1-9-5-10(7-12(15)6-9)13(17)16-4-2-3-11(14)8-16/h5-7,11H,2-4,8H2,1H3. The predicted molar refractivity (Wildman–Crippen MR) is 76.7 cm³/mol. The van der Waals surface area contributed by atoms with Crippen LogP contribution in [0.15, 0.2) is 22.7 Å². The molecule has 2 rings (SSSR count). The summed E-state index contributed by atoms with van der Waals surface area (Å²) in [5.74, 6) is 0.138. The van der Waals surface area contributed by atoms with Gasteiger partial charge in [-0.1, -0.05) is 31.9 Å². The van der Waals surface area contributed by atoms with Crippen LogP contribution in [0.2, 0.25) is 0 Å². The van der Waals surface area contributed by atoms with Crippen LogP contribution < -0.4 is 0 Å². The lowest BCUT2D eigenvalue weighted by molar-refractivity contribution is 0.0730. The number of likely N-dealkylation sites (tertiary alicyclic amines) is 1. The zero-order valence-electron chi connectivity index (χ0n) is 9.75. The molecule has 0 N–H and O–H groups in total. The molecule has 0 saturated carbocycles. The van der Waals surface area contributed by atoms with Gasteiger partial charge >= 0.3 is 0 Å². The Morgan fingerprint density at radius 2 is 2.18 bits per heavy atom. The van der Waals surface area contributed by atoms with Crippen LogP contribution in [0.1, 0.15) is 28.8 Å². The van der Waals surface area contributed by atoms with Gasteiger partial charge in [0.1, 0.15) is 0 Å². The highest BCUT2D eigenvalue weighted by Gasteiger charge is 2.23. The predicted octanol–water partition coefficient (Wildman–Crippen LogP) is 3.76. The summed E-state index contributed by atoms with van der Waals surface area (Å²) < 4.78 is 0.966. The molecule has 0 radical (unpaired) electrons. The molecule has 1 aromatic carbocycles. The molecule has 2 nitrogen and oxygen atoms in total. The second-order valence-corrected chi connectivity index (χ2v) is 6.72. The Bertz CT molecular complexity index is 413. The van der Waals surface area contributed by atoms with Crippen molar-refractivity contribution in [3.63, 3.8) is 0 Å². The Morgan fingerprint density at radius 3 is 2.82 bits per heavy atom. The smallest absolute Gasteiger partial charge is 0.253 e. The van der Waals surface area contributed by atoms with E-state index in [1.54, 1.807) is 0 Å². The number of benzene rings is 1. The molecule has 1 aliphatic heterocycles. The van der Waals surface area contributed by atoms with Crippen molar-refractivity contribution in [3.8, 4) is 0 Å². The first kappa shape index (κ1) is 13.1. The summed E-state index contributed by atoms with van der Waals surface area (Å²) in [7, 11) is 0. The van der Waals surface area contributed by atoms with E-state index in [2.05, 4.69) is 31.9 Å². The minimum atomic E-state index is 0.138. The van der Waals surface area contributed by atoms with Crippen molar-refractivity contribution >= 4 is 37.8 Å². The fourth-order valence-electron chi connectivity index (χ4n) is 2.15. The fourth-order valence-corrected chi connectivity index (χ4v) is 3.43. The largest absolute Gasteiger partial charge is 0.338 e. The highest BCUT2D eigenvalue weighted by molar-refractivity contribution is 9.10. The van der Waals surface area contributed by atoms with Gasteiger partial charge in [-0.15, -0.1) is 0 Å². The lowest BCUT2D eigenvalue weighted by atomic mass is 10.1. The summed E-state index contributed by atoms with van der Waals surface area (Å²) in [6.45, 7) is 3.68. The summed E-state index contributed by atoms with van der Waals surface area (Å²) in [6, 6.07) is 5.86. The van der Waals surface area contributed by atoms with Gasteiger partial charge in [0.15, 0.2) is 0 Å². The van der Waals surface area contributed by atoms with Crippen LogP contribution in [0.25, 0.3) is 0 Å². The summed E-state index contributed by atoms with van der Waals surface area (Å²) in [5, 5.41) is 0. The van der Waals surface area contributed by atoms with Crippen molar-refractivity contribution in [1.82, 2.24) is 4.90 Å². The van der Waals surface area contributed by atoms with Crippen molar-refractivity contribution in [2.45, 2.75) is 24.6 Å². The number of piperidine rings is 1. The first-order chi connectivity index (χ1) is 8.06. The van der Waals surface area contributed by atoms with Crippen molar-refractivity contribution in [1.29, 1.82) is 0 Å². The molecule has 0 aromatic heterocycles. The Kier molecular flexibility index (Phi) is 4.26. The van der Waals surface area contributed by atoms with E-state index in [1.165, 1.54) is 0 Å². The van der Waals surface area contributed by atoms with E-state index in [0.717, 1.165) is 41.5 Å². The van der Waals surface area contributed by atoms with Gasteiger partial charge in [0.05, 0.1) is 0 Å². The van der Waals surface area contributed by atoms with Crippen LogP contribution in [-0.4, -0.2) is 28.7 Å². The van der Waals surface area contributed by atoms with Gasteiger partial charge in [0.2, 0.25) is 0 Å². The topological polar surface area (TPSA) is 20.3 Å². The maximum Gasteiger partial charge on any atom is 0.253 e. The van der Waals surface area contributed by atoms with E-state index in [4.69, 9.17) is 0 Å². The SMILES string of the molecule is Cc1cc(Br)cc(C(=O)N2CCCC(Br)C2)c1. The molecular weight excluding hydrogens is 346 g/mol. The molecule has 17 heavy (non-hydrogen) atoms. The third-order valence-electron chi connectivity index (χ3n) is 2.94. The molecule has 0 bridgehead atoms. The third-order valence-corrected chi connectivity index (χ3v) is 4.15. The van der Waals surface area contributed by atoms with Crippen LogP contribution in [0.4, 0.5) is 0 Å². The van der Waals surface area contributed by atoms with Crippen LogP contribution >= 0.6 is 31.9 Å². The number of alkyl halides is 1. The molecule has 1 saturated heterocycles. The van der Waals surface area contributed by atoms with E-state index in [0.29, 0.717) is 4.83 Å². The van der Waals surface area contributed by atoms with Crippen LogP contribution in [0, 0.1) is 6.92 Å². The average Bonchev–Trinajstić information content (AvgIpc) is 2.26. The van der Waals surface area contributed by atoms with Gasteiger partial charge in [-0.3, -0.25) is 4.79 Å². The molecule has 0 aliphatic carbocycles. The number of nitrogens with zero attached hydrogens (tertiary/aromatic N) is 1. The zero-order valence-corrected chi connectivity index (χ0v) is 12.9. The Morgan fingerprint density at radius 1 is 1.41 bits per heavy atom. The van der Waals surface area contributed by atoms with Gasteiger partial charge in [-0.2, -0.15) is 0 Å². The van der Waals surface area contributed by atoms with Gasteiger partial charge < -0.3 is 4.90 Å². The molecule has 1 unspecified atom stereocenters. The summed E-state index contributed by atoms with van der Waals surface area (Å²) in [5.41, 5.74) is 1.88. The lowest BCUT2D eigenvalue weighted by Gasteiger charge is -2.30. The van der Waals surface area contributed by atoms with Crippen molar-refractivity contribution in [2.75, 3.05) is 13.1 Å². The van der Waals surface area contributed by atoms with E-state index in [-0.39, 0.29) is 5.91 Å². The second-order valence-electron chi connectivity index (χ2n) is 4.51. The number of carbonyl (C=O) groups excluding carboxylic acids is 1. The first-order valence-electron chi connectivity index (χ1n) is 5.77. The summed E-state index contributed by atoms with van der Waals surface area (Å²) in [4.78, 5) is 14.7. The second kappa shape index (κ2) is 5.53. The molecule has 1 amide bonds. The van der Waals surface area contributed by atoms with Crippen molar-refractivity contribution < 1.29 is 4.79 Å². The van der Waals surface area contributed by atoms with Gasteiger partial charge in [0.25, 0.3) is 5.91 Å². The molecule has 92 valence electrons. The van der Waals surface area contributed by atoms with E-state index in [9.17, 15) is 4.79 Å². The molecule has 1 heterocycles. The Balaban J connectivity index is 2.18. The van der Waals surface area contributed by atoms with Gasteiger partial charge in [-0.05, 0) is 43.5 Å². The number of amides is 1. The van der Waals surface area contributed by atoms with Gasteiger partial charge in [-0.25, -0.2) is 0 Å². The molecule has 1 fully saturated rings. The number of carbonyl (C=O) groups is 1. The maximum atomic E-state index is 12.3. The monoisotopic (exact) mass is 359 g/mol. The minimum Gasteiger partial charge on any atom is -0.338 e. The molecular formula is C13H15Br2NO. The molecule has 1 aromatic rings. The van der Waals surface area contributed by atoms with Crippen molar-refractivity contribution in [3.05, 3.63) is 33.8 Å². The number of rotatable bonds is 1. The number of aryl methyl sites for hydroxylation is 1. The van der Waals surface area contributed by atoms with Crippen LogP contribution in [0.3, 0.4) is 0 Å². The molecule has 0 spiro atoms. The van der Waals surface area contributed by atoms with Crippen molar-refractivity contribution in [2.24, 2.45) is 0 Å². The van der Waals surface area contributed by atoms with Crippen LogP contribution in [-0.2, 0) is 0 Å². The number of halogens is 2. The zero-order chi connectivity index (χ0) is 12.4.